The van der Waals surface area contributed by atoms with Crippen LogP contribution in [0.25, 0.3) is 0 Å². The lowest BCUT2D eigenvalue weighted by molar-refractivity contribution is 0.0327. The van der Waals surface area contributed by atoms with E-state index >= 15 is 0 Å². The van der Waals surface area contributed by atoms with E-state index in [1.54, 1.807) is 7.11 Å². The van der Waals surface area contributed by atoms with E-state index in [0.717, 1.165) is 30.0 Å². The van der Waals surface area contributed by atoms with E-state index in [-0.39, 0.29) is 5.92 Å². The van der Waals surface area contributed by atoms with Crippen LogP contribution in [0.15, 0.2) is 0 Å². The smallest absolute Gasteiger partial charge is 0.135 e. The van der Waals surface area contributed by atoms with Gasteiger partial charge in [0, 0.05) is 24.6 Å². The Kier molecular flexibility index (Phi) is 3.71. The van der Waals surface area contributed by atoms with Gasteiger partial charge in [-0.25, -0.2) is 9.97 Å². The normalized spacial score (nSPS) is 22.9. The highest BCUT2D eigenvalue weighted by atomic mass is 16.5. The van der Waals surface area contributed by atoms with Crippen molar-refractivity contribution in [3.63, 3.8) is 0 Å². The lowest BCUT2D eigenvalue weighted by atomic mass is 9.89. The molecule has 0 atom stereocenters. The summed E-state index contributed by atoms with van der Waals surface area (Å²) in [6.45, 7) is 6.09. The lowest BCUT2D eigenvalue weighted by Crippen LogP contribution is -2.40. The summed E-state index contributed by atoms with van der Waals surface area (Å²) >= 11 is 0. The Balaban J connectivity index is 2.12. The van der Waals surface area contributed by atoms with Crippen molar-refractivity contribution in [1.82, 2.24) is 9.97 Å². The van der Waals surface area contributed by atoms with Crippen LogP contribution in [0.5, 0.6) is 0 Å². The van der Waals surface area contributed by atoms with E-state index < -0.39 is 0 Å². The zero-order valence-electron chi connectivity index (χ0n) is 11.5. The Bertz CT molecular complexity index is 427. The summed E-state index contributed by atoms with van der Waals surface area (Å²) in [5.41, 5.74) is 6.86. The first-order valence-corrected chi connectivity index (χ1v) is 6.44. The van der Waals surface area contributed by atoms with Crippen LogP contribution in [0.2, 0.25) is 0 Å². The molecule has 1 heterocycles. The highest BCUT2D eigenvalue weighted by Gasteiger charge is 2.29. The van der Waals surface area contributed by atoms with Crippen molar-refractivity contribution in [3.8, 4) is 0 Å². The molecule has 0 unspecified atom stereocenters. The summed E-state index contributed by atoms with van der Waals surface area (Å²) in [6, 6.07) is 0.433. The number of nitrogens with two attached hydrogens (primary N) is 1. The van der Waals surface area contributed by atoms with Gasteiger partial charge in [0.1, 0.15) is 17.5 Å². The number of hydrogen-bond acceptors (Lipinski definition) is 5. The molecule has 3 N–H and O–H groups in total. The van der Waals surface area contributed by atoms with Crippen molar-refractivity contribution < 1.29 is 4.74 Å². The molecular weight excluding hydrogens is 228 g/mol. The van der Waals surface area contributed by atoms with E-state index in [9.17, 15) is 0 Å². The standard InChI is InChI=1S/C13H22N4O/c1-7(2)12-16-11(14)8(3)13(17-12)15-9-5-10(6-9)18-4/h7,9-10H,5-6H2,1-4H3,(H3,14,15,16,17). The van der Waals surface area contributed by atoms with Crippen LogP contribution < -0.4 is 11.1 Å². The zero-order valence-corrected chi connectivity index (χ0v) is 11.5. The van der Waals surface area contributed by atoms with Gasteiger partial charge in [-0.05, 0) is 19.8 Å². The molecule has 5 heteroatoms. The number of hydrogen-bond donors (Lipinski definition) is 2. The van der Waals surface area contributed by atoms with Gasteiger partial charge in [-0.2, -0.15) is 0 Å². The average Bonchev–Trinajstić information content (AvgIpc) is 2.27. The first kappa shape index (κ1) is 13.1. The van der Waals surface area contributed by atoms with Crippen molar-refractivity contribution >= 4 is 11.6 Å². The van der Waals surface area contributed by atoms with Crippen molar-refractivity contribution in [2.75, 3.05) is 18.2 Å². The molecule has 1 aromatic rings. The molecule has 0 aliphatic heterocycles. The number of nitrogens with zero attached hydrogens (tertiary/aromatic N) is 2. The molecule has 0 saturated heterocycles. The van der Waals surface area contributed by atoms with E-state index in [2.05, 4.69) is 29.1 Å². The second-order valence-electron chi connectivity index (χ2n) is 5.27. The predicted octanol–water partition coefficient (Wildman–Crippen LogP) is 2.08. The molecule has 1 fully saturated rings. The number of ether oxygens (including phenoxy) is 1. The van der Waals surface area contributed by atoms with Gasteiger partial charge in [0.2, 0.25) is 0 Å². The molecule has 18 heavy (non-hydrogen) atoms. The Morgan fingerprint density at radius 3 is 2.56 bits per heavy atom. The van der Waals surface area contributed by atoms with Crippen LogP contribution in [0.4, 0.5) is 11.6 Å². The van der Waals surface area contributed by atoms with Crippen molar-refractivity contribution in [2.24, 2.45) is 0 Å². The Hall–Kier alpha value is -1.36. The Morgan fingerprint density at radius 1 is 1.33 bits per heavy atom. The maximum Gasteiger partial charge on any atom is 0.135 e. The fourth-order valence-corrected chi connectivity index (χ4v) is 2.02. The van der Waals surface area contributed by atoms with Gasteiger partial charge < -0.3 is 15.8 Å². The van der Waals surface area contributed by atoms with Gasteiger partial charge in [0.05, 0.1) is 6.10 Å². The molecule has 0 spiro atoms. The van der Waals surface area contributed by atoms with Gasteiger partial charge in [-0.15, -0.1) is 0 Å². The maximum absolute atomic E-state index is 5.93. The Morgan fingerprint density at radius 2 is 2.00 bits per heavy atom. The van der Waals surface area contributed by atoms with Crippen LogP contribution in [0.3, 0.4) is 0 Å². The fourth-order valence-electron chi connectivity index (χ4n) is 2.02. The first-order valence-electron chi connectivity index (χ1n) is 6.44. The monoisotopic (exact) mass is 250 g/mol. The summed E-state index contributed by atoms with van der Waals surface area (Å²) in [5, 5.41) is 3.44. The van der Waals surface area contributed by atoms with Crippen molar-refractivity contribution in [3.05, 3.63) is 11.4 Å². The average molecular weight is 250 g/mol. The van der Waals surface area contributed by atoms with Gasteiger partial charge in [-0.3, -0.25) is 0 Å². The van der Waals surface area contributed by atoms with Gasteiger partial charge in [0.25, 0.3) is 0 Å². The van der Waals surface area contributed by atoms with Crippen LogP contribution in [-0.2, 0) is 4.74 Å². The number of aromatic nitrogens is 2. The fraction of sp³-hybridized carbons (Fsp3) is 0.692. The molecule has 1 aromatic heterocycles. The van der Waals surface area contributed by atoms with E-state index in [1.807, 2.05) is 6.92 Å². The molecular formula is C13H22N4O. The number of anilines is 2. The third-order valence-corrected chi connectivity index (χ3v) is 3.49. The number of methoxy groups -OCH3 is 1. The summed E-state index contributed by atoms with van der Waals surface area (Å²) in [7, 11) is 1.76. The van der Waals surface area contributed by atoms with Crippen molar-refractivity contribution in [1.29, 1.82) is 0 Å². The van der Waals surface area contributed by atoms with E-state index in [4.69, 9.17) is 10.5 Å². The number of nitrogens with one attached hydrogen (secondary N) is 1. The maximum atomic E-state index is 5.93. The Labute approximate surface area is 108 Å². The molecule has 2 rings (SSSR count). The first-order chi connectivity index (χ1) is 8.51. The zero-order chi connectivity index (χ0) is 13.3. The minimum atomic E-state index is 0.279. The minimum Gasteiger partial charge on any atom is -0.383 e. The SMILES string of the molecule is COC1CC(Nc2nc(C(C)C)nc(N)c2C)C1. The van der Waals surface area contributed by atoms with E-state index in [1.165, 1.54) is 0 Å². The number of rotatable bonds is 4. The second-order valence-corrected chi connectivity index (χ2v) is 5.27. The van der Waals surface area contributed by atoms with Crippen molar-refractivity contribution in [2.45, 2.75) is 51.7 Å². The van der Waals surface area contributed by atoms with Gasteiger partial charge >= 0.3 is 0 Å². The van der Waals surface area contributed by atoms with Crippen LogP contribution >= 0.6 is 0 Å². The molecule has 1 aliphatic carbocycles. The molecule has 1 aliphatic rings. The molecule has 1 saturated carbocycles. The topological polar surface area (TPSA) is 73.1 Å². The largest absolute Gasteiger partial charge is 0.383 e. The molecule has 5 nitrogen and oxygen atoms in total. The summed E-state index contributed by atoms with van der Waals surface area (Å²) < 4.78 is 5.27. The number of nitrogen functional groups attached to an aromatic ring is 1. The van der Waals surface area contributed by atoms with E-state index in [0.29, 0.717) is 18.0 Å². The summed E-state index contributed by atoms with van der Waals surface area (Å²) in [6.07, 6.45) is 2.43. The van der Waals surface area contributed by atoms with Crippen LogP contribution in [0, 0.1) is 6.92 Å². The molecule has 100 valence electrons. The quantitative estimate of drug-likeness (QED) is 0.856. The molecule has 0 amide bonds. The molecule has 0 bridgehead atoms. The second kappa shape index (κ2) is 5.10. The summed E-state index contributed by atoms with van der Waals surface area (Å²) in [5.74, 6) is 2.51. The van der Waals surface area contributed by atoms with Crippen LogP contribution in [0.1, 0.15) is 44.0 Å². The predicted molar refractivity (Wildman–Crippen MR) is 72.7 cm³/mol. The van der Waals surface area contributed by atoms with Gasteiger partial charge in [0.15, 0.2) is 0 Å². The molecule has 0 radical (unpaired) electrons. The highest BCUT2D eigenvalue weighted by molar-refractivity contribution is 5.55. The highest BCUT2D eigenvalue weighted by Crippen LogP contribution is 2.28. The molecule has 0 aromatic carbocycles. The minimum absolute atomic E-state index is 0.279. The lowest BCUT2D eigenvalue weighted by Gasteiger charge is -2.35. The summed E-state index contributed by atoms with van der Waals surface area (Å²) in [4.78, 5) is 8.88. The van der Waals surface area contributed by atoms with Gasteiger partial charge in [-0.1, -0.05) is 13.8 Å². The van der Waals surface area contributed by atoms with Crippen LogP contribution in [-0.4, -0.2) is 29.2 Å². The third-order valence-electron chi connectivity index (χ3n) is 3.49. The third kappa shape index (κ3) is 2.56.